The summed E-state index contributed by atoms with van der Waals surface area (Å²) in [4.78, 5) is 12.5. The van der Waals surface area contributed by atoms with Crippen molar-refractivity contribution >= 4 is 20.0 Å². The first-order chi connectivity index (χ1) is 32.3. The van der Waals surface area contributed by atoms with Crippen LogP contribution in [0.3, 0.4) is 0 Å². The molecule has 21 heteroatoms. The molecule has 6 aromatic heterocycles. The Balaban J connectivity index is 0.000000208. The van der Waals surface area contributed by atoms with Crippen molar-refractivity contribution in [3.05, 3.63) is 94.1 Å². The molecular weight excluding hydrogens is 909 g/mol. The van der Waals surface area contributed by atoms with Crippen LogP contribution in [0.4, 0.5) is 29.2 Å². The molecule has 6 heterocycles. The van der Waals surface area contributed by atoms with Crippen LogP contribution < -0.4 is 10.6 Å². The largest absolute Gasteiger partial charge is 0.410 e. The van der Waals surface area contributed by atoms with E-state index in [0.29, 0.717) is 73.1 Å². The molecule has 6 aromatic rings. The van der Waals surface area contributed by atoms with Crippen molar-refractivity contribution in [2.75, 3.05) is 10.6 Å². The first kappa shape index (κ1) is 51.3. The van der Waals surface area contributed by atoms with Gasteiger partial charge in [-0.3, -0.25) is 0 Å². The fraction of sp³-hybridized carbons (Fsp3) is 0.583. The number of nitrogens with zero attached hydrogens (tertiary/aromatic N) is 12. The Hall–Kier alpha value is -5.54. The molecule has 0 amide bonds. The Kier molecular flexibility index (Phi) is 15.2. The number of pyridine rings is 2. The summed E-state index contributed by atoms with van der Waals surface area (Å²) in [6.45, 7) is 18.9. The Morgan fingerprint density at radius 2 is 1.09 bits per heavy atom. The molecule has 0 spiro atoms. The summed E-state index contributed by atoms with van der Waals surface area (Å²) in [6, 6.07) is 11.4. The van der Waals surface area contributed by atoms with Gasteiger partial charge in [-0.1, -0.05) is 20.8 Å². The van der Waals surface area contributed by atoms with Crippen LogP contribution in [-0.2, 0) is 31.4 Å². The molecule has 0 radical (unpaired) electrons. The van der Waals surface area contributed by atoms with E-state index in [2.05, 4.69) is 80.1 Å². The van der Waals surface area contributed by atoms with E-state index in [4.69, 9.17) is 9.41 Å². The molecule has 69 heavy (non-hydrogen) atoms. The maximum atomic E-state index is 13.8. The predicted octanol–water partition coefficient (Wildman–Crippen LogP) is 9.59. The van der Waals surface area contributed by atoms with Gasteiger partial charge in [0.25, 0.3) is 0 Å². The van der Waals surface area contributed by atoms with Crippen LogP contribution in [0.25, 0.3) is 11.6 Å². The lowest BCUT2D eigenvalue weighted by Crippen LogP contribution is -2.42. The highest BCUT2D eigenvalue weighted by Gasteiger charge is 2.40. The zero-order valence-electron chi connectivity index (χ0n) is 41.7. The SMILES string of the molecule is Cc1cc(C)n(-c2cc(C(Cc3cnn(C)n3)O[Si](C)(C)C(C)(C)C)cc(NC3CCC(F)(F)CC3)n2)n1.Cc1cc(C)n(-c2cc(C(O)Cc3cnn(C)n3)cc(NC3CCC(F)(F)CC3)n2)n1. The Morgan fingerprint density at radius 3 is 1.48 bits per heavy atom. The lowest BCUT2D eigenvalue weighted by Gasteiger charge is -2.39. The van der Waals surface area contributed by atoms with Gasteiger partial charge in [0.05, 0.1) is 47.4 Å². The fourth-order valence-electron chi connectivity index (χ4n) is 8.55. The fourth-order valence-corrected chi connectivity index (χ4v) is 9.84. The summed E-state index contributed by atoms with van der Waals surface area (Å²) >= 11 is 0. The van der Waals surface area contributed by atoms with Crippen molar-refractivity contribution in [3.63, 3.8) is 0 Å². The Labute approximate surface area is 402 Å². The second kappa shape index (κ2) is 20.4. The summed E-state index contributed by atoms with van der Waals surface area (Å²) in [5, 5.41) is 43.8. The molecule has 0 saturated heterocycles. The van der Waals surface area contributed by atoms with Crippen molar-refractivity contribution in [3.8, 4) is 11.6 Å². The topological polar surface area (TPSA) is 176 Å². The zero-order chi connectivity index (χ0) is 50.1. The van der Waals surface area contributed by atoms with Crippen molar-refractivity contribution < 1.29 is 27.1 Å². The highest BCUT2D eigenvalue weighted by Crippen LogP contribution is 2.42. The van der Waals surface area contributed by atoms with Gasteiger partial charge in [-0.05, 0) is 119 Å². The van der Waals surface area contributed by atoms with Crippen molar-refractivity contribution in [2.45, 2.75) is 167 Å². The third kappa shape index (κ3) is 13.4. The van der Waals surface area contributed by atoms with Crippen LogP contribution in [0.15, 0.2) is 48.8 Å². The van der Waals surface area contributed by atoms with E-state index in [0.717, 1.165) is 34.0 Å². The normalized spacial score (nSPS) is 17.6. The highest BCUT2D eigenvalue weighted by molar-refractivity contribution is 6.74. The van der Waals surface area contributed by atoms with Gasteiger partial charge in [-0.2, -0.15) is 40.2 Å². The van der Waals surface area contributed by atoms with Crippen molar-refractivity contribution in [1.82, 2.24) is 59.5 Å². The quantitative estimate of drug-likeness (QED) is 0.0697. The van der Waals surface area contributed by atoms with E-state index in [-0.39, 0.29) is 48.9 Å². The van der Waals surface area contributed by atoms with E-state index < -0.39 is 26.3 Å². The number of anilines is 2. The molecule has 8 rings (SSSR count). The number of aliphatic hydroxyl groups excluding tert-OH is 1. The lowest BCUT2D eigenvalue weighted by atomic mass is 9.92. The number of alkyl halides is 4. The van der Waals surface area contributed by atoms with Crippen LogP contribution in [0.2, 0.25) is 18.1 Å². The van der Waals surface area contributed by atoms with Crippen LogP contribution in [0.5, 0.6) is 0 Å². The second-order valence-electron chi connectivity index (χ2n) is 20.5. The monoisotopic (exact) mass is 977 g/mol. The number of aryl methyl sites for hydroxylation is 6. The molecule has 2 aliphatic rings. The number of halogens is 4. The van der Waals surface area contributed by atoms with E-state index in [9.17, 15) is 22.7 Å². The minimum atomic E-state index is -2.59. The zero-order valence-corrected chi connectivity index (χ0v) is 42.7. The average Bonchev–Trinajstić information content (AvgIpc) is 4.05. The van der Waals surface area contributed by atoms with E-state index in [1.54, 1.807) is 48.1 Å². The van der Waals surface area contributed by atoms with Gasteiger partial charge in [-0.25, -0.2) is 36.9 Å². The Morgan fingerprint density at radius 1 is 0.667 bits per heavy atom. The second-order valence-corrected chi connectivity index (χ2v) is 25.2. The van der Waals surface area contributed by atoms with E-state index >= 15 is 0 Å². The van der Waals surface area contributed by atoms with Crippen molar-refractivity contribution in [2.24, 2.45) is 14.1 Å². The third-order valence-electron chi connectivity index (χ3n) is 13.4. The number of nitrogens with one attached hydrogen (secondary N) is 2. The minimum Gasteiger partial charge on any atom is -0.410 e. The smallest absolute Gasteiger partial charge is 0.248 e. The first-order valence-electron chi connectivity index (χ1n) is 23.8. The summed E-state index contributed by atoms with van der Waals surface area (Å²) in [5.74, 6) is -2.77. The molecule has 2 atom stereocenters. The number of aromatic nitrogens is 12. The predicted molar refractivity (Wildman–Crippen MR) is 259 cm³/mol. The molecule has 3 N–H and O–H groups in total. The molecule has 2 unspecified atom stereocenters. The van der Waals surface area contributed by atoms with Crippen LogP contribution in [-0.4, -0.2) is 96.9 Å². The molecular formula is C48H68F4N14O2Si. The standard InChI is InChI=1S/C27H41F2N7OSi.C21H27F2N7O/c1-18-13-19(2)36(33-18)25-15-20(14-24(32-25)31-21-9-11-27(28,29)12-10-21)23(16-22-17-30-35(6)34-22)37-38(7,8)26(3,4)5;1-13-8-14(2)30(27-13)20-10-15(18(31)11-17-12-24-29(3)28-17)9-19(26-20)25-16-4-6-21(22,23)7-5-16/h13-15,17,21,23H,9-12,16H2,1-8H3,(H,31,32);8-10,12,16,18,31H,4-7,11H2,1-3H3,(H,25,26). The third-order valence-corrected chi connectivity index (χ3v) is 17.8. The lowest BCUT2D eigenvalue weighted by molar-refractivity contribution is -0.0366. The number of hydrogen-bond donors (Lipinski definition) is 3. The number of hydrogen-bond acceptors (Lipinski definition) is 12. The molecule has 374 valence electrons. The Bertz CT molecular complexity index is 2670. The van der Waals surface area contributed by atoms with Gasteiger partial charge in [0.1, 0.15) is 11.6 Å². The summed E-state index contributed by atoms with van der Waals surface area (Å²) < 4.78 is 65.2. The number of rotatable bonds is 14. The van der Waals surface area contributed by atoms with Gasteiger partial charge >= 0.3 is 0 Å². The van der Waals surface area contributed by atoms with Crippen LogP contribution in [0.1, 0.15) is 130 Å². The summed E-state index contributed by atoms with van der Waals surface area (Å²) in [5.41, 5.74) is 6.72. The van der Waals surface area contributed by atoms with Gasteiger partial charge in [0.15, 0.2) is 20.0 Å². The maximum absolute atomic E-state index is 13.8. The average molecular weight is 977 g/mol. The molecule has 16 nitrogen and oxygen atoms in total. The molecule has 2 fully saturated rings. The van der Waals surface area contributed by atoms with Crippen molar-refractivity contribution in [1.29, 1.82) is 0 Å². The summed E-state index contributed by atoms with van der Waals surface area (Å²) in [7, 11) is 1.34. The molecule has 2 saturated carbocycles. The molecule has 0 aromatic carbocycles. The van der Waals surface area contributed by atoms with Gasteiger partial charge < -0.3 is 20.2 Å². The van der Waals surface area contributed by atoms with Gasteiger partial charge in [-0.15, -0.1) is 0 Å². The van der Waals surface area contributed by atoms with Gasteiger partial charge in [0.2, 0.25) is 11.8 Å². The van der Waals surface area contributed by atoms with Crippen LogP contribution >= 0.6 is 0 Å². The van der Waals surface area contributed by atoms with Crippen LogP contribution in [0, 0.1) is 27.7 Å². The maximum Gasteiger partial charge on any atom is 0.248 e. The first-order valence-corrected chi connectivity index (χ1v) is 26.7. The molecule has 0 bridgehead atoms. The number of aliphatic hydroxyl groups is 1. The minimum absolute atomic E-state index is 0.00751. The molecule has 2 aliphatic carbocycles. The highest BCUT2D eigenvalue weighted by atomic mass is 28.4. The van der Waals surface area contributed by atoms with E-state index in [1.165, 1.54) is 4.80 Å². The molecule has 0 aliphatic heterocycles. The summed E-state index contributed by atoms with van der Waals surface area (Å²) in [6.07, 6.45) is 4.17. The van der Waals surface area contributed by atoms with Gasteiger partial charge in [0, 0.05) is 76.1 Å². The van der Waals surface area contributed by atoms with E-state index in [1.807, 2.05) is 56.6 Å².